The molecule has 2 aliphatic heterocycles. The van der Waals surface area contributed by atoms with E-state index in [2.05, 4.69) is 81.4 Å². The number of carbonyl (C=O) groups excluding carboxylic acids is 1. The van der Waals surface area contributed by atoms with Gasteiger partial charge in [-0.1, -0.05) is 0 Å². The monoisotopic (exact) mass is 669 g/mol. The number of β-lactam (4-membered cyclic amide) rings is 1. The van der Waals surface area contributed by atoms with Crippen molar-refractivity contribution in [3.63, 3.8) is 0 Å². The van der Waals surface area contributed by atoms with Crippen LogP contribution in [0.15, 0.2) is 132 Å². The molecule has 5 nitrogen and oxygen atoms in total. The third kappa shape index (κ3) is 5.83. The predicted molar refractivity (Wildman–Crippen MR) is 179 cm³/mol. The maximum absolute atomic E-state index is 13.5. The molecular weight excluding hydrogens is 629 g/mol. The molecule has 0 aliphatic carbocycles. The third-order valence-electron chi connectivity index (χ3n) is 8.49. The first kappa shape index (κ1) is 30.6. The van der Waals surface area contributed by atoms with Crippen LogP contribution in [0.25, 0.3) is 0 Å². The molecule has 1 N–H and O–H groups in total. The van der Waals surface area contributed by atoms with Crippen LogP contribution in [0.1, 0.15) is 32.8 Å². The molecule has 0 spiro atoms. The standard InChI is InChI=1S/C37H39NO4SeSi/c1-36(2,3)44(31-20-12-6-13-21-31,32-22-14-7-15-23-32)41-26-29-24-33(43-30-18-10-5-11-19-30)34(42-29)37(40)27-38(35(37)39)25-28-16-8-4-9-17-28/h4-23,29,40H,24-27H2,1-3H3/t29-,37?/m0/s1. The molecule has 6 rings (SSSR count). The molecule has 2 aliphatic rings. The van der Waals surface area contributed by atoms with Crippen molar-refractivity contribution in [2.75, 3.05) is 13.2 Å². The summed E-state index contributed by atoms with van der Waals surface area (Å²) in [6, 6.07) is 41.3. The van der Waals surface area contributed by atoms with Gasteiger partial charge < -0.3 is 0 Å². The van der Waals surface area contributed by atoms with Gasteiger partial charge in [-0.25, -0.2) is 0 Å². The zero-order valence-corrected chi connectivity index (χ0v) is 28.2. The minimum atomic E-state index is -2.77. The molecule has 1 fully saturated rings. The van der Waals surface area contributed by atoms with Gasteiger partial charge in [-0.15, -0.1) is 0 Å². The molecular formula is C37H39NO4SeSi. The Balaban J connectivity index is 1.28. The fraction of sp³-hybridized carbons (Fsp3) is 0.270. The van der Waals surface area contributed by atoms with E-state index in [1.54, 1.807) is 4.90 Å². The van der Waals surface area contributed by atoms with Crippen LogP contribution >= 0.6 is 0 Å². The number of hydrogen-bond donors (Lipinski definition) is 1. The summed E-state index contributed by atoms with van der Waals surface area (Å²) < 4.78 is 16.0. The summed E-state index contributed by atoms with van der Waals surface area (Å²) in [5.41, 5.74) is -0.609. The fourth-order valence-electron chi connectivity index (χ4n) is 6.38. The molecule has 2 heterocycles. The molecule has 0 saturated carbocycles. The number of hydrogen-bond acceptors (Lipinski definition) is 4. The number of rotatable bonds is 10. The van der Waals surface area contributed by atoms with E-state index in [4.69, 9.17) is 9.16 Å². The molecule has 0 bridgehead atoms. The molecule has 0 aromatic heterocycles. The number of carbonyl (C=O) groups is 1. The van der Waals surface area contributed by atoms with Crippen LogP contribution in [0.2, 0.25) is 5.04 Å². The van der Waals surface area contributed by atoms with Gasteiger partial charge in [0.2, 0.25) is 0 Å². The summed E-state index contributed by atoms with van der Waals surface area (Å²) in [7, 11) is -2.77. The quantitative estimate of drug-likeness (QED) is 0.202. The van der Waals surface area contributed by atoms with E-state index in [1.807, 2.05) is 60.7 Å². The fourth-order valence-corrected chi connectivity index (χ4v) is 13.4. The van der Waals surface area contributed by atoms with Crippen molar-refractivity contribution >= 4 is 44.0 Å². The maximum atomic E-state index is 13.5. The van der Waals surface area contributed by atoms with Gasteiger partial charge in [0.25, 0.3) is 0 Å². The van der Waals surface area contributed by atoms with E-state index in [9.17, 15) is 9.90 Å². The summed E-state index contributed by atoms with van der Waals surface area (Å²) in [5.74, 6) is 0.137. The minimum absolute atomic E-state index is 0.0986. The van der Waals surface area contributed by atoms with Gasteiger partial charge in [-0.05, 0) is 0 Å². The van der Waals surface area contributed by atoms with E-state index in [0.29, 0.717) is 25.3 Å². The summed E-state index contributed by atoms with van der Waals surface area (Å²) in [5, 5.41) is 14.1. The molecule has 4 aromatic rings. The Morgan fingerprint density at radius 3 is 1.91 bits per heavy atom. The molecule has 1 amide bonds. The van der Waals surface area contributed by atoms with E-state index in [0.717, 1.165) is 10.0 Å². The van der Waals surface area contributed by atoms with Crippen LogP contribution in [0.4, 0.5) is 0 Å². The molecule has 226 valence electrons. The molecule has 1 saturated heterocycles. The number of aliphatic hydroxyl groups is 1. The normalized spacial score (nSPS) is 20.4. The number of nitrogens with zero attached hydrogens (tertiary/aromatic N) is 1. The Kier molecular flexibility index (Phi) is 8.69. The number of amides is 1. The van der Waals surface area contributed by atoms with Crippen molar-refractivity contribution in [3.05, 3.63) is 137 Å². The Bertz CT molecular complexity index is 1570. The molecule has 0 radical (unpaired) electrons. The molecule has 7 heteroatoms. The third-order valence-corrected chi connectivity index (χ3v) is 15.8. The van der Waals surface area contributed by atoms with Gasteiger partial charge >= 0.3 is 269 Å². The van der Waals surface area contributed by atoms with Crippen molar-refractivity contribution in [3.8, 4) is 0 Å². The Morgan fingerprint density at radius 1 is 0.864 bits per heavy atom. The van der Waals surface area contributed by atoms with Crippen LogP contribution < -0.4 is 14.8 Å². The van der Waals surface area contributed by atoms with E-state index in [-0.39, 0.29) is 38.6 Å². The van der Waals surface area contributed by atoms with Crippen LogP contribution in [0.3, 0.4) is 0 Å². The number of benzene rings is 4. The second-order valence-electron chi connectivity index (χ2n) is 12.6. The first-order valence-electron chi connectivity index (χ1n) is 15.1. The average molecular weight is 669 g/mol. The van der Waals surface area contributed by atoms with Gasteiger partial charge in [0, 0.05) is 0 Å². The van der Waals surface area contributed by atoms with E-state index >= 15 is 0 Å². The Labute approximate surface area is 267 Å². The topological polar surface area (TPSA) is 59.0 Å². The molecule has 44 heavy (non-hydrogen) atoms. The van der Waals surface area contributed by atoms with E-state index < -0.39 is 13.9 Å². The van der Waals surface area contributed by atoms with Crippen molar-refractivity contribution in [2.45, 2.75) is 50.5 Å². The SMILES string of the molecule is CC(C)(C)[Si](OC[C@@H]1CC([Se]c2ccccc2)=C(C2(O)CN(Cc3ccccc3)C2=O)O1)(c1ccccc1)c1ccccc1. The Morgan fingerprint density at radius 2 is 1.39 bits per heavy atom. The summed E-state index contributed by atoms with van der Waals surface area (Å²) in [6.07, 6.45) is 0.323. The zero-order chi connectivity index (χ0) is 30.8. The second-order valence-corrected chi connectivity index (χ2v) is 19.3. The van der Waals surface area contributed by atoms with Crippen molar-refractivity contribution in [1.82, 2.24) is 4.90 Å². The number of ether oxygens (including phenoxy) is 1. The number of likely N-dealkylation sites (tertiary alicyclic amines) is 1. The molecule has 2 atom stereocenters. The van der Waals surface area contributed by atoms with Gasteiger partial charge in [-0.2, -0.15) is 0 Å². The van der Waals surface area contributed by atoms with Crippen molar-refractivity contribution in [2.24, 2.45) is 0 Å². The number of β-amino-alcohol motifs (C(OH)–C–C–N with tert-alkyl or cyclic N) is 1. The molecule has 1 unspecified atom stereocenters. The van der Waals surface area contributed by atoms with Gasteiger partial charge in [0.15, 0.2) is 0 Å². The summed E-state index contributed by atoms with van der Waals surface area (Å²) >= 11 is -0.0986. The first-order valence-corrected chi connectivity index (χ1v) is 18.8. The summed E-state index contributed by atoms with van der Waals surface area (Å²) in [6.45, 7) is 7.84. The van der Waals surface area contributed by atoms with Crippen LogP contribution in [0, 0.1) is 0 Å². The van der Waals surface area contributed by atoms with Gasteiger partial charge in [0.05, 0.1) is 0 Å². The Hall–Kier alpha value is -3.45. The van der Waals surface area contributed by atoms with Crippen molar-refractivity contribution < 1.29 is 19.1 Å². The summed E-state index contributed by atoms with van der Waals surface area (Å²) in [4.78, 5) is 15.2. The van der Waals surface area contributed by atoms with Crippen LogP contribution in [0.5, 0.6) is 0 Å². The van der Waals surface area contributed by atoms with Crippen LogP contribution in [-0.2, 0) is 20.5 Å². The van der Waals surface area contributed by atoms with E-state index in [1.165, 1.54) is 14.8 Å². The van der Waals surface area contributed by atoms with Crippen LogP contribution in [-0.4, -0.2) is 64.0 Å². The first-order chi connectivity index (χ1) is 21.2. The van der Waals surface area contributed by atoms with Crippen molar-refractivity contribution in [1.29, 1.82) is 0 Å². The average Bonchev–Trinajstić information content (AvgIpc) is 3.45. The second kappa shape index (κ2) is 12.5. The van der Waals surface area contributed by atoms with Gasteiger partial charge in [-0.3, -0.25) is 0 Å². The zero-order valence-electron chi connectivity index (χ0n) is 25.5. The molecule has 4 aromatic carbocycles. The predicted octanol–water partition coefficient (Wildman–Crippen LogP) is 4.37. The van der Waals surface area contributed by atoms with Gasteiger partial charge in [0.1, 0.15) is 0 Å².